The van der Waals surface area contributed by atoms with Crippen molar-refractivity contribution in [1.82, 2.24) is 15.2 Å². The molecule has 8 heteroatoms. The lowest BCUT2D eigenvalue weighted by molar-refractivity contribution is -0.122. The fraction of sp³-hybridized carbons (Fsp3) is 0.778. The number of rotatable bonds is 7. The molecule has 1 aromatic rings. The van der Waals surface area contributed by atoms with Crippen LogP contribution in [0.1, 0.15) is 50.5 Å². The Balaban J connectivity index is 0.00000312. The molecule has 1 aliphatic rings. The molecule has 6 nitrogen and oxygen atoms in total. The molecule has 2 rings (SSSR count). The van der Waals surface area contributed by atoms with E-state index >= 15 is 0 Å². The fourth-order valence-electron chi connectivity index (χ4n) is 3.14. The van der Waals surface area contributed by atoms with Crippen LogP contribution < -0.4 is 11.1 Å². The lowest BCUT2D eigenvalue weighted by atomic mass is 9.96. The van der Waals surface area contributed by atoms with Crippen molar-refractivity contribution >= 4 is 30.7 Å². The quantitative estimate of drug-likeness (QED) is 0.724. The number of aryl methyl sites for hydroxylation is 2. The first-order chi connectivity index (χ1) is 11.3. The van der Waals surface area contributed by atoms with E-state index in [9.17, 15) is 4.79 Å². The van der Waals surface area contributed by atoms with Crippen molar-refractivity contribution in [2.24, 2.45) is 17.6 Å². The van der Waals surface area contributed by atoms with E-state index < -0.39 is 0 Å². The van der Waals surface area contributed by atoms with Gasteiger partial charge in [-0.15, -0.1) is 24.8 Å². The largest absolute Gasteiger partial charge is 0.444 e. The minimum absolute atomic E-state index is 0. The first-order valence-corrected chi connectivity index (χ1v) is 9.03. The van der Waals surface area contributed by atoms with Crippen molar-refractivity contribution in [3.05, 3.63) is 17.3 Å². The maximum absolute atomic E-state index is 12.0. The number of halogens is 2. The molecule has 1 amide bonds. The maximum atomic E-state index is 12.0. The summed E-state index contributed by atoms with van der Waals surface area (Å²) in [5.74, 6) is 2.66. The van der Waals surface area contributed by atoms with E-state index in [0.29, 0.717) is 11.8 Å². The van der Waals surface area contributed by atoms with Crippen LogP contribution in [0.5, 0.6) is 0 Å². The summed E-state index contributed by atoms with van der Waals surface area (Å²) in [6.45, 7) is 11.6. The van der Waals surface area contributed by atoms with Crippen LogP contribution in [0, 0.1) is 25.7 Å². The Morgan fingerprint density at radius 1 is 1.31 bits per heavy atom. The number of oxazole rings is 1. The Morgan fingerprint density at radius 2 is 1.92 bits per heavy atom. The lowest BCUT2D eigenvalue weighted by Gasteiger charge is -2.31. The Bertz CT molecular complexity index is 524. The second kappa shape index (κ2) is 11.8. The summed E-state index contributed by atoms with van der Waals surface area (Å²) in [6, 6.07) is -0.387. The van der Waals surface area contributed by atoms with Crippen molar-refractivity contribution in [2.75, 3.05) is 19.6 Å². The van der Waals surface area contributed by atoms with Gasteiger partial charge in [-0.3, -0.25) is 9.69 Å². The predicted octanol–water partition coefficient (Wildman–Crippen LogP) is 2.84. The van der Waals surface area contributed by atoms with Crippen LogP contribution in [0.25, 0.3) is 0 Å². The average molecular weight is 409 g/mol. The summed E-state index contributed by atoms with van der Waals surface area (Å²) in [6.07, 6.45) is 2.90. The Morgan fingerprint density at radius 3 is 2.42 bits per heavy atom. The molecule has 1 aromatic heterocycles. The fourth-order valence-corrected chi connectivity index (χ4v) is 3.14. The van der Waals surface area contributed by atoms with Crippen molar-refractivity contribution in [2.45, 2.75) is 59.5 Å². The summed E-state index contributed by atoms with van der Waals surface area (Å²) in [5, 5.41) is 3.02. The number of nitrogens with one attached hydrogen (secondary N) is 1. The lowest BCUT2D eigenvalue weighted by Crippen LogP contribution is -2.44. The summed E-state index contributed by atoms with van der Waals surface area (Å²) in [5.41, 5.74) is 6.89. The number of nitrogens with zero attached hydrogens (tertiary/aromatic N) is 2. The van der Waals surface area contributed by atoms with Crippen LogP contribution in [0.3, 0.4) is 0 Å². The third kappa shape index (κ3) is 7.82. The van der Waals surface area contributed by atoms with E-state index in [1.807, 2.05) is 13.8 Å². The van der Waals surface area contributed by atoms with E-state index in [1.54, 1.807) is 0 Å². The van der Waals surface area contributed by atoms with Gasteiger partial charge in [0.15, 0.2) is 0 Å². The first kappa shape index (κ1) is 25.2. The van der Waals surface area contributed by atoms with Crippen LogP contribution in [-0.4, -0.2) is 41.5 Å². The second-order valence-electron chi connectivity index (χ2n) is 7.45. The van der Waals surface area contributed by atoms with E-state index in [-0.39, 0.29) is 36.8 Å². The van der Waals surface area contributed by atoms with Crippen molar-refractivity contribution in [3.8, 4) is 0 Å². The highest BCUT2D eigenvalue weighted by Gasteiger charge is 2.22. The minimum Gasteiger partial charge on any atom is -0.444 e. The minimum atomic E-state index is -0.387. The van der Waals surface area contributed by atoms with E-state index in [2.05, 4.69) is 29.0 Å². The Kier molecular flexibility index (Phi) is 11.4. The highest BCUT2D eigenvalue weighted by Crippen LogP contribution is 2.19. The number of hydrogen-bond acceptors (Lipinski definition) is 5. The molecule has 0 radical (unpaired) electrons. The molecular formula is C18H34Cl2N4O2. The van der Waals surface area contributed by atoms with E-state index in [1.165, 1.54) is 0 Å². The van der Waals surface area contributed by atoms with Gasteiger partial charge in [-0.05, 0) is 58.0 Å². The van der Waals surface area contributed by atoms with Gasteiger partial charge in [-0.2, -0.15) is 0 Å². The average Bonchev–Trinajstić information content (AvgIpc) is 2.83. The second-order valence-corrected chi connectivity index (χ2v) is 7.45. The number of carbonyl (C=O) groups is 1. The van der Waals surface area contributed by atoms with Gasteiger partial charge in [0.05, 0.1) is 18.3 Å². The molecule has 0 saturated carbocycles. The molecule has 0 unspecified atom stereocenters. The Hall–Kier alpha value is -0.820. The molecular weight excluding hydrogens is 375 g/mol. The van der Waals surface area contributed by atoms with Gasteiger partial charge in [0.2, 0.25) is 11.8 Å². The summed E-state index contributed by atoms with van der Waals surface area (Å²) < 4.78 is 5.66. The molecule has 3 N–H and O–H groups in total. The van der Waals surface area contributed by atoms with E-state index in [0.717, 1.165) is 62.8 Å². The van der Waals surface area contributed by atoms with Crippen LogP contribution in [-0.2, 0) is 11.3 Å². The predicted molar refractivity (Wildman–Crippen MR) is 109 cm³/mol. The molecule has 0 aromatic carbocycles. The van der Waals surface area contributed by atoms with Gasteiger partial charge < -0.3 is 15.5 Å². The molecule has 152 valence electrons. The SMILES string of the molecule is Cc1nc(CN2CCC(CNC(=O)[C@@H](N)CC(C)C)CC2)oc1C.Cl.Cl. The number of amides is 1. The zero-order valence-electron chi connectivity index (χ0n) is 16.3. The van der Waals surface area contributed by atoms with Gasteiger partial charge in [0, 0.05) is 6.54 Å². The molecule has 0 bridgehead atoms. The standard InChI is InChI=1S/C18H32N4O2.2ClH/c1-12(2)9-16(19)18(23)20-10-15-5-7-22(8-6-15)11-17-21-13(3)14(4)24-17;;/h12,15-16H,5-11,19H2,1-4H3,(H,20,23);2*1H/t16-;;/m0../s1. The van der Waals surface area contributed by atoms with Crippen LogP contribution in [0.2, 0.25) is 0 Å². The monoisotopic (exact) mass is 408 g/mol. The highest BCUT2D eigenvalue weighted by molar-refractivity contribution is 5.85. The number of carbonyl (C=O) groups excluding carboxylic acids is 1. The molecule has 1 atom stereocenters. The first-order valence-electron chi connectivity index (χ1n) is 9.03. The van der Waals surface area contributed by atoms with Gasteiger partial charge >= 0.3 is 0 Å². The van der Waals surface area contributed by atoms with Crippen LogP contribution in [0.15, 0.2) is 4.42 Å². The Labute approximate surface area is 169 Å². The molecule has 1 fully saturated rings. The number of nitrogens with two attached hydrogens (primary N) is 1. The molecule has 1 saturated heterocycles. The van der Waals surface area contributed by atoms with Gasteiger partial charge in [-0.1, -0.05) is 13.8 Å². The van der Waals surface area contributed by atoms with E-state index in [4.69, 9.17) is 10.2 Å². The maximum Gasteiger partial charge on any atom is 0.236 e. The third-order valence-electron chi connectivity index (χ3n) is 4.77. The summed E-state index contributed by atoms with van der Waals surface area (Å²) >= 11 is 0. The van der Waals surface area contributed by atoms with Crippen LogP contribution in [0.4, 0.5) is 0 Å². The normalized spacial score (nSPS) is 16.7. The zero-order valence-corrected chi connectivity index (χ0v) is 17.9. The van der Waals surface area contributed by atoms with Gasteiger partial charge in [0.25, 0.3) is 0 Å². The summed E-state index contributed by atoms with van der Waals surface area (Å²) in [4.78, 5) is 18.8. The smallest absolute Gasteiger partial charge is 0.236 e. The highest BCUT2D eigenvalue weighted by atomic mass is 35.5. The molecule has 2 heterocycles. The zero-order chi connectivity index (χ0) is 17.7. The number of likely N-dealkylation sites (tertiary alicyclic amines) is 1. The third-order valence-corrected chi connectivity index (χ3v) is 4.77. The van der Waals surface area contributed by atoms with Crippen LogP contribution >= 0.6 is 24.8 Å². The number of piperidine rings is 1. The van der Waals surface area contributed by atoms with Gasteiger partial charge in [0.1, 0.15) is 5.76 Å². The van der Waals surface area contributed by atoms with Crippen molar-refractivity contribution in [1.29, 1.82) is 0 Å². The molecule has 26 heavy (non-hydrogen) atoms. The van der Waals surface area contributed by atoms with Gasteiger partial charge in [-0.25, -0.2) is 4.98 Å². The molecule has 1 aliphatic heterocycles. The number of hydrogen-bond donors (Lipinski definition) is 2. The van der Waals surface area contributed by atoms with Crippen molar-refractivity contribution < 1.29 is 9.21 Å². The molecule has 0 spiro atoms. The number of aromatic nitrogens is 1. The molecule has 0 aliphatic carbocycles. The van der Waals surface area contributed by atoms with Crippen molar-refractivity contribution in [3.63, 3.8) is 0 Å². The topological polar surface area (TPSA) is 84.4 Å². The summed E-state index contributed by atoms with van der Waals surface area (Å²) in [7, 11) is 0.